The van der Waals surface area contributed by atoms with Gasteiger partial charge in [0.05, 0.1) is 0 Å². The third-order valence-electron chi connectivity index (χ3n) is 4.37. The van der Waals surface area contributed by atoms with E-state index in [1.54, 1.807) is 0 Å². The van der Waals surface area contributed by atoms with Gasteiger partial charge in [-0.2, -0.15) is 0 Å². The Labute approximate surface area is 164 Å². The van der Waals surface area contributed by atoms with Gasteiger partial charge in [0.25, 0.3) is 0 Å². The first kappa shape index (κ1) is 19.2. The number of aromatic nitrogens is 1. The van der Waals surface area contributed by atoms with Gasteiger partial charge in [0, 0.05) is 30.8 Å². The van der Waals surface area contributed by atoms with Crippen LogP contribution in [0.15, 0.2) is 30.5 Å². The summed E-state index contributed by atoms with van der Waals surface area (Å²) in [5, 5.41) is 1.38. The van der Waals surface area contributed by atoms with E-state index in [-0.39, 0.29) is 0 Å². The van der Waals surface area contributed by atoms with E-state index in [0.717, 1.165) is 0 Å². The van der Waals surface area contributed by atoms with Gasteiger partial charge < -0.3 is 9.47 Å². The minimum absolute atomic E-state index is 0.530. The van der Waals surface area contributed by atoms with Crippen molar-refractivity contribution in [2.45, 2.75) is 39.2 Å². The minimum atomic E-state index is 0.530. The van der Waals surface area contributed by atoms with E-state index in [0.29, 0.717) is 19.3 Å². The summed E-state index contributed by atoms with van der Waals surface area (Å²) in [5.74, 6) is 0. The molecule has 2 nitrogen and oxygen atoms in total. The van der Waals surface area contributed by atoms with Crippen molar-refractivity contribution in [3.63, 3.8) is 0 Å². The second kappa shape index (κ2) is 10.0. The van der Waals surface area contributed by atoms with Gasteiger partial charge in [-0.1, -0.05) is 19.1 Å². The molecule has 0 N–H and O–H groups in total. The number of piperidine rings is 1. The SMILES string of the molecule is CCCN1CCC(n2ccc3ccc(C)cc32)CC1.I[I-]I. The molecule has 1 fully saturated rings. The molecule has 1 aromatic heterocycles. The van der Waals surface area contributed by atoms with Crippen molar-refractivity contribution in [1.29, 1.82) is 0 Å². The van der Waals surface area contributed by atoms with Gasteiger partial charge in [-0.3, -0.25) is 0 Å². The molecule has 0 unspecified atom stereocenters. The van der Waals surface area contributed by atoms with Gasteiger partial charge in [-0.05, 0) is 55.8 Å². The summed E-state index contributed by atoms with van der Waals surface area (Å²) in [6.45, 7) is 8.22. The fourth-order valence-electron chi connectivity index (χ4n) is 3.31. The fraction of sp³-hybridized carbons (Fsp3) is 0.529. The van der Waals surface area contributed by atoms with Crippen LogP contribution in [0.5, 0.6) is 0 Å². The van der Waals surface area contributed by atoms with Gasteiger partial charge in [0.1, 0.15) is 0 Å². The van der Waals surface area contributed by atoms with Gasteiger partial charge in [0.15, 0.2) is 0 Å². The third-order valence-corrected chi connectivity index (χ3v) is 4.37. The molecule has 124 valence electrons. The van der Waals surface area contributed by atoms with Gasteiger partial charge in [0.2, 0.25) is 0 Å². The van der Waals surface area contributed by atoms with Gasteiger partial charge >= 0.3 is 50.5 Å². The van der Waals surface area contributed by atoms with Crippen molar-refractivity contribution < 1.29 is 13.3 Å². The predicted molar refractivity (Wildman–Crippen MR) is 110 cm³/mol. The molecule has 3 rings (SSSR count). The summed E-state index contributed by atoms with van der Waals surface area (Å²) in [6, 6.07) is 9.72. The predicted octanol–water partition coefficient (Wildman–Crippen LogP) is 2.77. The van der Waals surface area contributed by atoms with Crippen LogP contribution in [0.3, 0.4) is 0 Å². The van der Waals surface area contributed by atoms with Crippen LogP contribution in [0.25, 0.3) is 10.9 Å². The fourth-order valence-corrected chi connectivity index (χ4v) is 3.31. The second-order valence-electron chi connectivity index (χ2n) is 5.91. The Morgan fingerprint density at radius 2 is 1.86 bits per heavy atom. The topological polar surface area (TPSA) is 8.17 Å². The number of likely N-dealkylation sites (tertiary alicyclic amines) is 1. The normalized spacial score (nSPS) is 16.7. The third kappa shape index (κ3) is 5.20. The van der Waals surface area contributed by atoms with Crippen LogP contribution in [0.2, 0.25) is 0 Å². The quantitative estimate of drug-likeness (QED) is 0.471. The summed E-state index contributed by atoms with van der Waals surface area (Å²) in [5.41, 5.74) is 2.77. The first-order valence-electron chi connectivity index (χ1n) is 7.86. The Kier molecular flexibility index (Phi) is 8.77. The van der Waals surface area contributed by atoms with Crippen molar-refractivity contribution in [2.75, 3.05) is 19.6 Å². The van der Waals surface area contributed by atoms with E-state index in [4.69, 9.17) is 0 Å². The molecule has 1 aliphatic heterocycles. The maximum absolute atomic E-state index is 2.60. The summed E-state index contributed by atoms with van der Waals surface area (Å²) < 4.78 is 2.51. The molecule has 0 saturated carbocycles. The number of hydrogen-bond acceptors (Lipinski definition) is 1. The number of halogens is 3. The molecule has 5 heteroatoms. The molecule has 0 atom stereocenters. The molecule has 1 aromatic carbocycles. The van der Waals surface area contributed by atoms with Gasteiger partial charge in [-0.15, -0.1) is 0 Å². The molecule has 0 aliphatic carbocycles. The molecule has 2 aromatic rings. The summed E-state index contributed by atoms with van der Waals surface area (Å²) in [6.07, 6.45) is 6.13. The van der Waals surface area contributed by atoms with E-state index < -0.39 is 0 Å². The molecule has 0 bridgehead atoms. The Balaban J connectivity index is 0.000000545. The Bertz CT molecular complexity index is 574. The number of fused-ring (bicyclic) bond motifs is 1. The molecule has 22 heavy (non-hydrogen) atoms. The van der Waals surface area contributed by atoms with Crippen molar-refractivity contribution in [3.8, 4) is 0 Å². The number of aryl methyl sites for hydroxylation is 1. The number of hydrogen-bond donors (Lipinski definition) is 0. The van der Waals surface area contributed by atoms with Crippen LogP contribution in [0.1, 0.15) is 37.8 Å². The van der Waals surface area contributed by atoms with E-state index in [1.807, 2.05) is 0 Å². The Morgan fingerprint density at radius 3 is 2.50 bits per heavy atom. The molecule has 1 saturated heterocycles. The first-order valence-corrected chi connectivity index (χ1v) is 20.4. The summed E-state index contributed by atoms with van der Waals surface area (Å²) in [7, 11) is 0. The molecule has 0 radical (unpaired) electrons. The van der Waals surface area contributed by atoms with Crippen LogP contribution in [-0.2, 0) is 0 Å². The Hall–Kier alpha value is 0.910. The van der Waals surface area contributed by atoms with Crippen molar-refractivity contribution in [1.82, 2.24) is 9.47 Å². The van der Waals surface area contributed by atoms with E-state index in [1.165, 1.54) is 55.4 Å². The summed E-state index contributed by atoms with van der Waals surface area (Å²) in [4.78, 5) is 2.60. The van der Waals surface area contributed by atoms with E-state index in [9.17, 15) is 0 Å². The van der Waals surface area contributed by atoms with E-state index >= 15 is 0 Å². The number of rotatable bonds is 3. The van der Waals surface area contributed by atoms with E-state index in [2.05, 4.69) is 91.0 Å². The van der Waals surface area contributed by atoms with Crippen LogP contribution in [0.4, 0.5) is 0 Å². The van der Waals surface area contributed by atoms with Crippen molar-refractivity contribution in [3.05, 3.63) is 36.0 Å². The summed E-state index contributed by atoms with van der Waals surface area (Å²) >= 11 is 5.30. The molecule has 0 spiro atoms. The maximum atomic E-state index is 2.60. The van der Waals surface area contributed by atoms with Crippen LogP contribution in [0, 0.1) is 6.92 Å². The standard InChI is InChI=1S/C17H24N2.I3/c1-3-9-18-10-7-16(8-11-18)19-12-6-15-5-4-14(2)13-17(15)19;1-3-2/h4-6,12-13,16H,3,7-11H2,1-2H3;/q;-1. The number of benzene rings is 1. The number of nitrogens with zero attached hydrogens (tertiary/aromatic N) is 2. The molecule has 0 amide bonds. The zero-order chi connectivity index (χ0) is 15.9. The monoisotopic (exact) mass is 637 g/mol. The zero-order valence-electron chi connectivity index (χ0n) is 13.2. The van der Waals surface area contributed by atoms with Gasteiger partial charge in [-0.25, -0.2) is 0 Å². The molecule has 1 aliphatic rings. The van der Waals surface area contributed by atoms with Crippen molar-refractivity contribution >= 4 is 48.1 Å². The first-order chi connectivity index (χ1) is 10.7. The second-order valence-corrected chi connectivity index (χ2v) is 22.2. The average Bonchev–Trinajstić information content (AvgIpc) is 2.92. The molecule has 2 heterocycles. The molecular formula is C17H24I3N2-. The molecular weight excluding hydrogens is 613 g/mol. The van der Waals surface area contributed by atoms with Crippen LogP contribution in [-0.4, -0.2) is 29.1 Å². The van der Waals surface area contributed by atoms with Crippen LogP contribution >= 0.6 is 37.2 Å². The zero-order valence-corrected chi connectivity index (χ0v) is 19.7. The van der Waals surface area contributed by atoms with Crippen LogP contribution < -0.4 is 13.3 Å². The average molecular weight is 637 g/mol. The Morgan fingerprint density at radius 1 is 1.18 bits per heavy atom. The van der Waals surface area contributed by atoms with Crippen molar-refractivity contribution in [2.24, 2.45) is 0 Å².